The van der Waals surface area contributed by atoms with E-state index >= 15 is 0 Å². The number of hydrogen-bond donors (Lipinski definition) is 1. The van der Waals surface area contributed by atoms with Crippen LogP contribution < -0.4 is 5.32 Å². The van der Waals surface area contributed by atoms with Gasteiger partial charge in [-0.2, -0.15) is 0 Å². The van der Waals surface area contributed by atoms with Gasteiger partial charge in [0.2, 0.25) is 0 Å². The number of nitrogens with zero attached hydrogens (tertiary/aromatic N) is 3. The molecule has 3 heterocycles. The molecule has 3 rings (SSSR count). The van der Waals surface area contributed by atoms with E-state index in [0.29, 0.717) is 17.2 Å². The number of rotatable bonds is 4. The Hall–Kier alpha value is -1.66. The number of nitrogens with one attached hydrogen (secondary N) is 1. The van der Waals surface area contributed by atoms with E-state index < -0.39 is 0 Å². The molecule has 1 amide bonds. The fraction of sp³-hybridized carbons (Fsp3) is 0.588. The summed E-state index contributed by atoms with van der Waals surface area (Å²) in [7, 11) is 1.95. The van der Waals surface area contributed by atoms with Gasteiger partial charge in [0, 0.05) is 18.8 Å². The molecule has 2 aromatic rings. The van der Waals surface area contributed by atoms with E-state index in [1.807, 2.05) is 24.9 Å². The van der Waals surface area contributed by atoms with Crippen molar-refractivity contribution in [1.82, 2.24) is 20.4 Å². The summed E-state index contributed by atoms with van der Waals surface area (Å²) >= 11 is 0. The number of aromatic nitrogens is 2. The normalized spacial score (nSPS) is 17.5. The average molecular weight is 353 g/mol. The molecule has 132 valence electrons. The number of carbonyl (C=O) groups excluding carboxylic acids is 1. The molecule has 2 aromatic heterocycles. The molecule has 0 aromatic carbocycles. The summed E-state index contributed by atoms with van der Waals surface area (Å²) in [6.45, 7) is 8.52. The van der Waals surface area contributed by atoms with Gasteiger partial charge in [0.15, 0.2) is 0 Å². The molecule has 7 heteroatoms. The minimum absolute atomic E-state index is 0. The van der Waals surface area contributed by atoms with Crippen molar-refractivity contribution in [3.05, 3.63) is 23.0 Å². The topological polar surface area (TPSA) is 71.3 Å². The largest absolute Gasteiger partial charge is 0.338 e. The van der Waals surface area contributed by atoms with Crippen LogP contribution in [-0.4, -0.2) is 47.6 Å². The maximum atomic E-state index is 13.0. The second kappa shape index (κ2) is 7.49. The zero-order valence-electron chi connectivity index (χ0n) is 14.6. The minimum atomic E-state index is 0. The van der Waals surface area contributed by atoms with E-state index in [1.165, 1.54) is 0 Å². The Balaban J connectivity index is 0.00000208. The summed E-state index contributed by atoms with van der Waals surface area (Å²) in [5, 5.41) is 7.93. The van der Waals surface area contributed by atoms with Gasteiger partial charge in [0.05, 0.1) is 16.6 Å². The lowest BCUT2D eigenvalue weighted by molar-refractivity contribution is 0.0789. The first-order valence-corrected chi connectivity index (χ1v) is 8.22. The van der Waals surface area contributed by atoms with Crippen LogP contribution in [0.15, 0.2) is 10.6 Å². The molecular formula is C17H25ClN4O2. The number of aryl methyl sites for hydroxylation is 1. The van der Waals surface area contributed by atoms with E-state index in [9.17, 15) is 4.79 Å². The maximum absolute atomic E-state index is 13.0. The lowest BCUT2D eigenvalue weighted by Gasteiger charge is -2.18. The van der Waals surface area contributed by atoms with E-state index in [0.717, 1.165) is 42.8 Å². The Labute approximate surface area is 148 Å². The number of hydrogen-bond acceptors (Lipinski definition) is 5. The van der Waals surface area contributed by atoms with Crippen LogP contribution >= 0.6 is 12.4 Å². The monoisotopic (exact) mass is 352 g/mol. The summed E-state index contributed by atoms with van der Waals surface area (Å²) in [5.74, 6) is 0.811. The van der Waals surface area contributed by atoms with Crippen molar-refractivity contribution in [2.24, 2.45) is 5.92 Å². The molecule has 1 aliphatic heterocycles. The highest BCUT2D eigenvalue weighted by molar-refractivity contribution is 6.06. The molecule has 1 fully saturated rings. The van der Waals surface area contributed by atoms with Gasteiger partial charge in [-0.15, -0.1) is 12.4 Å². The second-order valence-electron chi connectivity index (χ2n) is 6.66. The van der Waals surface area contributed by atoms with Crippen molar-refractivity contribution in [2.75, 3.05) is 26.7 Å². The molecule has 0 radical (unpaired) electrons. The van der Waals surface area contributed by atoms with Gasteiger partial charge in [-0.05, 0) is 44.8 Å². The molecule has 24 heavy (non-hydrogen) atoms. The molecule has 1 unspecified atom stereocenters. The van der Waals surface area contributed by atoms with Crippen molar-refractivity contribution in [2.45, 2.75) is 33.1 Å². The second-order valence-corrected chi connectivity index (χ2v) is 6.66. The van der Waals surface area contributed by atoms with Crippen LogP contribution in [0.2, 0.25) is 0 Å². The SMILES string of the molecule is CNCC1CCN(C(=O)c2cc(C(C)C)nc3onc(C)c23)C1.Cl. The van der Waals surface area contributed by atoms with Gasteiger partial charge in [-0.25, -0.2) is 4.98 Å². The number of pyridine rings is 1. The zero-order chi connectivity index (χ0) is 16.6. The van der Waals surface area contributed by atoms with E-state index in [2.05, 4.69) is 29.3 Å². The molecule has 0 spiro atoms. The first-order chi connectivity index (χ1) is 11.0. The Morgan fingerprint density at radius 2 is 2.25 bits per heavy atom. The number of carbonyl (C=O) groups is 1. The summed E-state index contributed by atoms with van der Waals surface area (Å²) < 4.78 is 5.31. The fourth-order valence-electron chi connectivity index (χ4n) is 3.22. The van der Waals surface area contributed by atoms with Crippen LogP contribution in [0.3, 0.4) is 0 Å². The van der Waals surface area contributed by atoms with Crippen LogP contribution in [0.1, 0.15) is 47.9 Å². The molecule has 1 N–H and O–H groups in total. The van der Waals surface area contributed by atoms with Crippen molar-refractivity contribution in [1.29, 1.82) is 0 Å². The van der Waals surface area contributed by atoms with Gasteiger partial charge in [-0.1, -0.05) is 19.0 Å². The zero-order valence-corrected chi connectivity index (χ0v) is 15.4. The summed E-state index contributed by atoms with van der Waals surface area (Å²) in [6.07, 6.45) is 1.04. The lowest BCUT2D eigenvalue weighted by atomic mass is 10.0. The predicted octanol–water partition coefficient (Wildman–Crippen LogP) is 2.76. The maximum Gasteiger partial charge on any atom is 0.259 e. The van der Waals surface area contributed by atoms with Crippen LogP contribution in [0.5, 0.6) is 0 Å². The standard InChI is InChI=1S/C17H24N4O2.ClH/c1-10(2)14-7-13(15-11(3)20-23-16(15)19-14)17(22)21-6-5-12(9-21)8-18-4;/h7,10,12,18H,5-6,8-9H2,1-4H3;1H. The van der Waals surface area contributed by atoms with Crippen LogP contribution in [-0.2, 0) is 0 Å². The molecule has 1 atom stereocenters. The molecule has 0 bridgehead atoms. The molecule has 0 saturated carbocycles. The number of amides is 1. The third-order valence-corrected chi connectivity index (χ3v) is 4.52. The van der Waals surface area contributed by atoms with Crippen LogP contribution in [0.25, 0.3) is 11.1 Å². The molecule has 0 aliphatic carbocycles. The Morgan fingerprint density at radius 3 is 2.92 bits per heavy atom. The van der Waals surface area contributed by atoms with Crippen molar-refractivity contribution in [3.8, 4) is 0 Å². The van der Waals surface area contributed by atoms with Gasteiger partial charge in [-0.3, -0.25) is 4.79 Å². The summed E-state index contributed by atoms with van der Waals surface area (Å²) in [6, 6.07) is 1.91. The number of fused-ring (bicyclic) bond motifs is 1. The van der Waals surface area contributed by atoms with Crippen molar-refractivity contribution < 1.29 is 9.32 Å². The highest BCUT2D eigenvalue weighted by atomic mass is 35.5. The molecule has 1 saturated heterocycles. The van der Waals surface area contributed by atoms with Crippen LogP contribution in [0, 0.1) is 12.8 Å². The van der Waals surface area contributed by atoms with Crippen LogP contribution in [0.4, 0.5) is 0 Å². The average Bonchev–Trinajstić information content (AvgIpc) is 3.13. The van der Waals surface area contributed by atoms with Crippen molar-refractivity contribution >= 4 is 29.4 Å². The lowest BCUT2D eigenvalue weighted by Crippen LogP contribution is -2.30. The summed E-state index contributed by atoms with van der Waals surface area (Å²) in [4.78, 5) is 19.5. The third-order valence-electron chi connectivity index (χ3n) is 4.52. The first-order valence-electron chi connectivity index (χ1n) is 8.22. The Bertz CT molecular complexity index is 729. The van der Waals surface area contributed by atoms with Crippen molar-refractivity contribution in [3.63, 3.8) is 0 Å². The smallest absolute Gasteiger partial charge is 0.259 e. The third kappa shape index (κ3) is 3.39. The van der Waals surface area contributed by atoms with E-state index in [-0.39, 0.29) is 24.2 Å². The Morgan fingerprint density at radius 1 is 1.50 bits per heavy atom. The summed E-state index contributed by atoms with van der Waals surface area (Å²) in [5.41, 5.74) is 2.71. The minimum Gasteiger partial charge on any atom is -0.338 e. The molecular weight excluding hydrogens is 328 g/mol. The Kier molecular flexibility index (Phi) is 5.83. The highest BCUT2D eigenvalue weighted by Gasteiger charge is 2.29. The van der Waals surface area contributed by atoms with E-state index in [1.54, 1.807) is 0 Å². The van der Waals surface area contributed by atoms with Gasteiger partial charge >= 0.3 is 0 Å². The number of likely N-dealkylation sites (tertiary alicyclic amines) is 1. The fourth-order valence-corrected chi connectivity index (χ4v) is 3.22. The van der Waals surface area contributed by atoms with Gasteiger partial charge in [0.25, 0.3) is 11.6 Å². The molecule has 1 aliphatic rings. The van der Waals surface area contributed by atoms with Gasteiger partial charge < -0.3 is 14.7 Å². The molecule has 6 nitrogen and oxygen atoms in total. The quantitative estimate of drug-likeness (QED) is 0.916. The number of halogens is 1. The highest BCUT2D eigenvalue weighted by Crippen LogP contribution is 2.27. The van der Waals surface area contributed by atoms with E-state index in [4.69, 9.17) is 4.52 Å². The first kappa shape index (κ1) is 18.7. The predicted molar refractivity (Wildman–Crippen MR) is 95.8 cm³/mol. The van der Waals surface area contributed by atoms with Gasteiger partial charge in [0.1, 0.15) is 0 Å².